The van der Waals surface area contributed by atoms with E-state index in [1.807, 2.05) is 12.1 Å². The van der Waals surface area contributed by atoms with Crippen LogP contribution in [-0.2, 0) is 0 Å². The molecule has 0 radical (unpaired) electrons. The van der Waals surface area contributed by atoms with Gasteiger partial charge in [0.05, 0.1) is 18.0 Å². The minimum absolute atomic E-state index is 0.680. The van der Waals surface area contributed by atoms with Crippen LogP contribution in [0.4, 0.5) is 4.39 Å². The number of benzene rings is 1. The largest absolute Gasteiger partial charge is 0.216 e. The number of allylic oxidation sites excluding steroid dienone is 1. The molecule has 0 amide bonds. The first kappa shape index (κ1) is 21.1. The number of rotatable bonds is 8. The number of halogens is 1. The summed E-state index contributed by atoms with van der Waals surface area (Å²) < 4.78 is 11.9. The molecule has 0 aromatic heterocycles. The monoisotopic (exact) mass is 381 g/mol. The summed E-state index contributed by atoms with van der Waals surface area (Å²) in [7, 11) is 0. The smallest absolute Gasteiger partial charge is 0.0991 e. The molecule has 0 atom stereocenters. The lowest BCUT2D eigenvalue weighted by molar-refractivity contribution is 0.155. The van der Waals surface area contributed by atoms with Crippen molar-refractivity contribution in [2.75, 3.05) is 0 Å². The van der Waals surface area contributed by atoms with Crippen molar-refractivity contribution < 1.29 is 4.39 Å². The molecule has 1 aromatic carbocycles. The molecular weight excluding hydrogens is 345 g/mol. The molecular formula is C26H36FN. The lowest BCUT2D eigenvalue weighted by atomic mass is 9.68. The van der Waals surface area contributed by atoms with E-state index in [9.17, 15) is 4.39 Å². The van der Waals surface area contributed by atoms with Crippen LogP contribution in [0.15, 0.2) is 36.7 Å². The van der Waals surface area contributed by atoms with Crippen LogP contribution in [0.25, 0.3) is 0 Å². The topological polar surface area (TPSA) is 23.8 Å². The number of hydrogen-bond donors (Lipinski definition) is 0. The van der Waals surface area contributed by atoms with Crippen molar-refractivity contribution in [1.29, 1.82) is 5.26 Å². The van der Waals surface area contributed by atoms with Crippen molar-refractivity contribution in [1.82, 2.24) is 0 Å². The van der Waals surface area contributed by atoms with Crippen molar-refractivity contribution in [3.8, 4) is 6.07 Å². The molecule has 2 aliphatic rings. The molecule has 0 heterocycles. The zero-order chi connectivity index (χ0) is 19.6. The molecule has 0 unspecified atom stereocenters. The third-order valence-electron chi connectivity index (χ3n) is 7.41. The summed E-state index contributed by atoms with van der Waals surface area (Å²) in [4.78, 5) is 0. The Balaban J connectivity index is 1.33. The van der Waals surface area contributed by atoms with E-state index in [1.165, 1.54) is 76.2 Å². The molecule has 1 nitrogen and oxygen atoms in total. The highest BCUT2D eigenvalue weighted by atomic mass is 19.1. The zero-order valence-electron chi connectivity index (χ0n) is 17.3. The Hall–Kier alpha value is -1.62. The van der Waals surface area contributed by atoms with E-state index in [0.717, 1.165) is 36.2 Å². The standard InChI is InChI=1S/C26H36FN/c27-19-5-3-1-2-4-6-21-7-11-23(12-8-21)25-15-17-26(18-16-25)24-13-9-22(20-28)10-14-24/h5,9-10,13-14,19,21,23,25-26H,1-4,6-8,11-12,15-18H2/b19-5+. The van der Waals surface area contributed by atoms with Crippen molar-refractivity contribution in [3.63, 3.8) is 0 Å². The van der Waals surface area contributed by atoms with Gasteiger partial charge in [-0.3, -0.25) is 0 Å². The van der Waals surface area contributed by atoms with Crippen LogP contribution in [0.2, 0.25) is 0 Å². The predicted molar refractivity (Wildman–Crippen MR) is 115 cm³/mol. The van der Waals surface area contributed by atoms with Gasteiger partial charge in [-0.15, -0.1) is 0 Å². The van der Waals surface area contributed by atoms with Gasteiger partial charge in [-0.05, 0) is 92.7 Å². The fourth-order valence-electron chi connectivity index (χ4n) is 5.64. The van der Waals surface area contributed by atoms with Crippen molar-refractivity contribution in [2.45, 2.75) is 89.4 Å². The summed E-state index contributed by atoms with van der Waals surface area (Å²) in [5, 5.41) is 8.96. The summed E-state index contributed by atoms with van der Waals surface area (Å²) in [5.74, 6) is 3.56. The molecule has 0 saturated heterocycles. The van der Waals surface area contributed by atoms with E-state index >= 15 is 0 Å². The van der Waals surface area contributed by atoms with Crippen LogP contribution in [0.3, 0.4) is 0 Å². The first-order chi connectivity index (χ1) is 13.8. The SMILES string of the molecule is N#Cc1ccc(C2CCC(C3CCC(CCCCC/C=C/F)CC3)CC2)cc1. The van der Waals surface area contributed by atoms with Crippen LogP contribution in [-0.4, -0.2) is 0 Å². The molecule has 2 aliphatic carbocycles. The molecule has 3 rings (SSSR count). The fourth-order valence-corrected chi connectivity index (χ4v) is 5.64. The highest BCUT2D eigenvalue weighted by Crippen LogP contribution is 2.44. The first-order valence-corrected chi connectivity index (χ1v) is 11.6. The number of unbranched alkanes of at least 4 members (excludes halogenated alkanes) is 3. The first-order valence-electron chi connectivity index (χ1n) is 11.6. The van der Waals surface area contributed by atoms with E-state index in [-0.39, 0.29) is 0 Å². The van der Waals surface area contributed by atoms with Gasteiger partial charge in [0.15, 0.2) is 0 Å². The Labute approximate surface area is 171 Å². The minimum Gasteiger partial charge on any atom is -0.216 e. The second-order valence-corrected chi connectivity index (χ2v) is 9.13. The van der Waals surface area contributed by atoms with Crippen molar-refractivity contribution >= 4 is 0 Å². The molecule has 152 valence electrons. The van der Waals surface area contributed by atoms with E-state index < -0.39 is 0 Å². The molecule has 1 aromatic rings. The summed E-state index contributed by atoms with van der Waals surface area (Å²) in [6, 6.07) is 10.5. The molecule has 0 bridgehead atoms. The van der Waals surface area contributed by atoms with Gasteiger partial charge in [-0.25, -0.2) is 4.39 Å². The van der Waals surface area contributed by atoms with Gasteiger partial charge in [0.2, 0.25) is 0 Å². The summed E-state index contributed by atoms with van der Waals surface area (Å²) >= 11 is 0. The summed E-state index contributed by atoms with van der Waals surface area (Å²) in [6.07, 6.45) is 19.5. The molecule has 2 heteroatoms. The van der Waals surface area contributed by atoms with Crippen LogP contribution in [0, 0.1) is 29.1 Å². The molecule has 0 aliphatic heterocycles. The van der Waals surface area contributed by atoms with E-state index in [0.29, 0.717) is 12.2 Å². The third-order valence-corrected chi connectivity index (χ3v) is 7.41. The van der Waals surface area contributed by atoms with E-state index in [4.69, 9.17) is 5.26 Å². The maximum atomic E-state index is 11.9. The van der Waals surface area contributed by atoms with Gasteiger partial charge in [0.1, 0.15) is 0 Å². The molecule has 0 N–H and O–H groups in total. The van der Waals surface area contributed by atoms with Gasteiger partial charge in [-0.1, -0.05) is 50.3 Å². The van der Waals surface area contributed by atoms with Gasteiger partial charge < -0.3 is 0 Å². The minimum atomic E-state index is 0.680. The van der Waals surface area contributed by atoms with E-state index in [2.05, 4.69) is 18.2 Å². The fraction of sp³-hybridized carbons (Fsp3) is 0.654. The molecule has 2 fully saturated rings. The molecule has 2 saturated carbocycles. The van der Waals surface area contributed by atoms with Crippen molar-refractivity contribution in [2.24, 2.45) is 17.8 Å². The van der Waals surface area contributed by atoms with Crippen LogP contribution < -0.4 is 0 Å². The Morgan fingerprint density at radius 2 is 1.50 bits per heavy atom. The second-order valence-electron chi connectivity index (χ2n) is 9.13. The van der Waals surface area contributed by atoms with Gasteiger partial charge in [0, 0.05) is 0 Å². The van der Waals surface area contributed by atoms with E-state index in [1.54, 1.807) is 6.08 Å². The molecule has 0 spiro atoms. The maximum absolute atomic E-state index is 11.9. The Bertz CT molecular complexity index is 625. The Morgan fingerprint density at radius 3 is 2.11 bits per heavy atom. The number of nitriles is 1. The van der Waals surface area contributed by atoms with Gasteiger partial charge in [-0.2, -0.15) is 5.26 Å². The highest BCUT2D eigenvalue weighted by Gasteiger charge is 2.31. The quantitative estimate of drug-likeness (QED) is 0.418. The average Bonchev–Trinajstić information content (AvgIpc) is 2.77. The van der Waals surface area contributed by atoms with Crippen LogP contribution in [0.1, 0.15) is 101 Å². The maximum Gasteiger partial charge on any atom is 0.0991 e. The normalized spacial score (nSPS) is 28.3. The Kier molecular flexibility index (Phi) is 8.59. The number of nitrogens with zero attached hydrogens (tertiary/aromatic N) is 1. The zero-order valence-corrected chi connectivity index (χ0v) is 17.3. The highest BCUT2D eigenvalue weighted by molar-refractivity contribution is 5.33. The van der Waals surface area contributed by atoms with Gasteiger partial charge in [0.25, 0.3) is 0 Å². The van der Waals surface area contributed by atoms with Crippen LogP contribution in [0.5, 0.6) is 0 Å². The van der Waals surface area contributed by atoms with Crippen molar-refractivity contribution in [3.05, 3.63) is 47.8 Å². The predicted octanol–water partition coefficient (Wildman–Crippen LogP) is 8.07. The summed E-state index contributed by atoms with van der Waals surface area (Å²) in [5.41, 5.74) is 2.20. The molecule has 28 heavy (non-hydrogen) atoms. The van der Waals surface area contributed by atoms with Gasteiger partial charge >= 0.3 is 0 Å². The second kappa shape index (κ2) is 11.4. The number of hydrogen-bond acceptors (Lipinski definition) is 1. The lowest BCUT2D eigenvalue weighted by Gasteiger charge is -2.38. The Morgan fingerprint density at radius 1 is 0.857 bits per heavy atom. The van der Waals surface area contributed by atoms with Crippen LogP contribution >= 0.6 is 0 Å². The summed E-state index contributed by atoms with van der Waals surface area (Å²) in [6.45, 7) is 0. The average molecular weight is 382 g/mol. The lowest BCUT2D eigenvalue weighted by Crippen LogP contribution is -2.25. The third kappa shape index (κ3) is 6.20.